The topological polar surface area (TPSA) is 77.2 Å². The highest BCUT2D eigenvalue weighted by molar-refractivity contribution is 9.10. The SMILES string of the molecule is COc1ccc(C(=O)Nc2ccccc2-c2nc(Cc3ccccc3)no2)cc1Br. The highest BCUT2D eigenvalue weighted by Crippen LogP contribution is 2.29. The summed E-state index contributed by atoms with van der Waals surface area (Å²) in [4.78, 5) is 17.3. The highest BCUT2D eigenvalue weighted by Gasteiger charge is 2.16. The number of carbonyl (C=O) groups is 1. The average molecular weight is 464 g/mol. The molecular weight excluding hydrogens is 446 g/mol. The quantitative estimate of drug-likeness (QED) is 0.416. The smallest absolute Gasteiger partial charge is 0.260 e. The van der Waals surface area contributed by atoms with E-state index >= 15 is 0 Å². The minimum atomic E-state index is -0.255. The molecular formula is C23H18BrN3O3. The van der Waals surface area contributed by atoms with Crippen LogP contribution < -0.4 is 10.1 Å². The largest absolute Gasteiger partial charge is 0.496 e. The molecule has 0 saturated carbocycles. The van der Waals surface area contributed by atoms with Gasteiger partial charge >= 0.3 is 0 Å². The van der Waals surface area contributed by atoms with E-state index in [2.05, 4.69) is 31.4 Å². The number of nitrogens with one attached hydrogen (secondary N) is 1. The Labute approximate surface area is 182 Å². The van der Waals surface area contributed by atoms with E-state index in [-0.39, 0.29) is 5.91 Å². The number of carbonyl (C=O) groups excluding carboxylic acids is 1. The molecule has 0 spiro atoms. The first-order valence-corrected chi connectivity index (χ1v) is 10.0. The Morgan fingerprint density at radius 2 is 1.83 bits per heavy atom. The third kappa shape index (κ3) is 4.41. The maximum Gasteiger partial charge on any atom is 0.260 e. The van der Waals surface area contributed by atoms with Crippen molar-refractivity contribution in [2.75, 3.05) is 12.4 Å². The van der Waals surface area contributed by atoms with Crippen LogP contribution in [0.3, 0.4) is 0 Å². The minimum absolute atomic E-state index is 0.255. The highest BCUT2D eigenvalue weighted by atomic mass is 79.9. The van der Waals surface area contributed by atoms with Crippen LogP contribution in [0.1, 0.15) is 21.7 Å². The summed E-state index contributed by atoms with van der Waals surface area (Å²) in [5, 5.41) is 7.00. The normalized spacial score (nSPS) is 10.6. The van der Waals surface area contributed by atoms with Gasteiger partial charge in [-0.1, -0.05) is 47.6 Å². The zero-order valence-corrected chi connectivity index (χ0v) is 17.7. The molecule has 0 aliphatic carbocycles. The van der Waals surface area contributed by atoms with E-state index in [0.29, 0.717) is 45.2 Å². The van der Waals surface area contributed by atoms with Crippen LogP contribution >= 0.6 is 15.9 Å². The van der Waals surface area contributed by atoms with Crippen molar-refractivity contribution in [2.24, 2.45) is 0 Å². The van der Waals surface area contributed by atoms with Crippen LogP contribution in [-0.4, -0.2) is 23.2 Å². The average Bonchev–Trinajstić information content (AvgIpc) is 3.23. The molecule has 30 heavy (non-hydrogen) atoms. The van der Waals surface area contributed by atoms with Gasteiger partial charge in [-0.15, -0.1) is 0 Å². The molecule has 0 aliphatic rings. The lowest BCUT2D eigenvalue weighted by molar-refractivity contribution is 0.102. The second-order valence-electron chi connectivity index (χ2n) is 6.53. The summed E-state index contributed by atoms with van der Waals surface area (Å²) in [5.41, 5.74) is 2.83. The van der Waals surface area contributed by atoms with Crippen LogP contribution in [0.15, 0.2) is 81.8 Å². The van der Waals surface area contributed by atoms with Crippen molar-refractivity contribution < 1.29 is 14.1 Å². The molecule has 1 amide bonds. The number of ether oxygens (including phenoxy) is 1. The van der Waals surface area contributed by atoms with Crippen molar-refractivity contribution in [2.45, 2.75) is 6.42 Å². The van der Waals surface area contributed by atoms with Gasteiger partial charge in [-0.2, -0.15) is 4.98 Å². The summed E-state index contributed by atoms with van der Waals surface area (Å²) in [6.45, 7) is 0. The Morgan fingerprint density at radius 1 is 1.07 bits per heavy atom. The summed E-state index contributed by atoms with van der Waals surface area (Å²) in [5.74, 6) is 1.34. The molecule has 4 aromatic rings. The molecule has 0 saturated heterocycles. The van der Waals surface area contributed by atoms with Gasteiger partial charge < -0.3 is 14.6 Å². The molecule has 1 N–H and O–H groups in total. The molecule has 0 bridgehead atoms. The number of hydrogen-bond acceptors (Lipinski definition) is 5. The number of benzene rings is 3. The van der Waals surface area contributed by atoms with E-state index in [4.69, 9.17) is 9.26 Å². The van der Waals surface area contributed by atoms with E-state index in [0.717, 1.165) is 5.56 Å². The number of aromatic nitrogens is 2. The van der Waals surface area contributed by atoms with Gasteiger partial charge in [-0.3, -0.25) is 4.79 Å². The number of para-hydroxylation sites is 1. The van der Waals surface area contributed by atoms with Gasteiger partial charge in [0, 0.05) is 12.0 Å². The lowest BCUT2D eigenvalue weighted by atomic mass is 10.1. The van der Waals surface area contributed by atoms with Gasteiger partial charge in [0.15, 0.2) is 5.82 Å². The van der Waals surface area contributed by atoms with Gasteiger partial charge in [0.25, 0.3) is 11.8 Å². The molecule has 1 aromatic heterocycles. The second kappa shape index (κ2) is 8.92. The molecule has 4 rings (SSSR count). The maximum atomic E-state index is 12.8. The lowest BCUT2D eigenvalue weighted by Crippen LogP contribution is -2.12. The summed E-state index contributed by atoms with van der Waals surface area (Å²) in [7, 11) is 1.58. The van der Waals surface area contributed by atoms with Crippen molar-refractivity contribution in [3.63, 3.8) is 0 Å². The fourth-order valence-electron chi connectivity index (χ4n) is 2.99. The molecule has 0 fully saturated rings. The number of halogens is 1. The summed E-state index contributed by atoms with van der Waals surface area (Å²) >= 11 is 3.40. The third-order valence-corrected chi connectivity index (χ3v) is 5.11. The Bertz CT molecular complexity index is 1180. The Morgan fingerprint density at radius 3 is 2.60 bits per heavy atom. The number of rotatable bonds is 6. The first-order valence-electron chi connectivity index (χ1n) is 9.25. The minimum Gasteiger partial charge on any atom is -0.496 e. The first kappa shape index (κ1) is 19.8. The molecule has 1 heterocycles. The molecule has 0 radical (unpaired) electrons. The summed E-state index contributed by atoms with van der Waals surface area (Å²) < 4.78 is 11.4. The molecule has 150 valence electrons. The van der Waals surface area contributed by atoms with Crippen LogP contribution in [-0.2, 0) is 6.42 Å². The summed E-state index contributed by atoms with van der Waals surface area (Å²) in [6.07, 6.45) is 0.568. The Balaban J connectivity index is 1.56. The van der Waals surface area contributed by atoms with Crippen LogP contribution in [0, 0.1) is 0 Å². The molecule has 3 aromatic carbocycles. The van der Waals surface area contributed by atoms with Gasteiger partial charge in [-0.25, -0.2) is 0 Å². The predicted molar refractivity (Wildman–Crippen MR) is 118 cm³/mol. The standard InChI is InChI=1S/C23H18BrN3O3/c1-29-20-12-11-16(14-18(20)24)22(28)25-19-10-6-5-9-17(19)23-26-21(27-30-23)13-15-7-3-2-4-8-15/h2-12,14H,13H2,1H3,(H,25,28). The number of hydrogen-bond donors (Lipinski definition) is 1. The number of nitrogens with zero attached hydrogens (tertiary/aromatic N) is 2. The molecule has 7 heteroatoms. The monoisotopic (exact) mass is 463 g/mol. The zero-order valence-electron chi connectivity index (χ0n) is 16.1. The van der Waals surface area contributed by atoms with Crippen molar-refractivity contribution >= 4 is 27.5 Å². The van der Waals surface area contributed by atoms with E-state index in [1.165, 1.54) is 0 Å². The van der Waals surface area contributed by atoms with E-state index in [9.17, 15) is 4.79 Å². The third-order valence-electron chi connectivity index (χ3n) is 4.49. The van der Waals surface area contributed by atoms with Crippen LogP contribution in [0.5, 0.6) is 5.75 Å². The Kier molecular flexibility index (Phi) is 5.90. The van der Waals surface area contributed by atoms with Gasteiger partial charge in [-0.05, 0) is 51.8 Å². The van der Waals surface area contributed by atoms with Crippen LogP contribution in [0.4, 0.5) is 5.69 Å². The van der Waals surface area contributed by atoms with Crippen LogP contribution in [0.25, 0.3) is 11.5 Å². The van der Waals surface area contributed by atoms with E-state index in [1.54, 1.807) is 31.4 Å². The van der Waals surface area contributed by atoms with Gasteiger partial charge in [0.1, 0.15) is 5.75 Å². The van der Waals surface area contributed by atoms with Crippen molar-refractivity contribution in [1.29, 1.82) is 0 Å². The van der Waals surface area contributed by atoms with E-state index in [1.807, 2.05) is 48.5 Å². The fourth-order valence-corrected chi connectivity index (χ4v) is 3.53. The maximum absolute atomic E-state index is 12.8. The van der Waals surface area contributed by atoms with Crippen molar-refractivity contribution in [3.8, 4) is 17.2 Å². The fraction of sp³-hybridized carbons (Fsp3) is 0.0870. The number of methoxy groups -OCH3 is 1. The van der Waals surface area contributed by atoms with Crippen molar-refractivity contribution in [3.05, 3.63) is 94.2 Å². The Hall–Kier alpha value is -3.45. The van der Waals surface area contributed by atoms with Crippen molar-refractivity contribution in [1.82, 2.24) is 10.1 Å². The first-order chi connectivity index (χ1) is 14.6. The number of amides is 1. The van der Waals surface area contributed by atoms with Gasteiger partial charge in [0.05, 0.1) is 22.8 Å². The molecule has 6 nitrogen and oxygen atoms in total. The summed E-state index contributed by atoms with van der Waals surface area (Å²) in [6, 6.07) is 22.4. The molecule has 0 aliphatic heterocycles. The molecule has 0 atom stereocenters. The molecule has 0 unspecified atom stereocenters. The van der Waals surface area contributed by atoms with E-state index < -0.39 is 0 Å². The lowest BCUT2D eigenvalue weighted by Gasteiger charge is -2.10. The zero-order chi connectivity index (χ0) is 20.9. The second-order valence-corrected chi connectivity index (χ2v) is 7.38. The number of anilines is 1. The predicted octanol–water partition coefficient (Wildman–Crippen LogP) is 5.35. The van der Waals surface area contributed by atoms with Crippen LogP contribution in [0.2, 0.25) is 0 Å². The van der Waals surface area contributed by atoms with Gasteiger partial charge in [0.2, 0.25) is 0 Å².